The van der Waals surface area contributed by atoms with Crippen LogP contribution < -0.4 is 0 Å². The predicted octanol–water partition coefficient (Wildman–Crippen LogP) is 2.02. The van der Waals surface area contributed by atoms with Crippen LogP contribution in [0.3, 0.4) is 0 Å². The molecule has 0 aromatic carbocycles. The van der Waals surface area contributed by atoms with Gasteiger partial charge in [-0.2, -0.15) is 5.26 Å². The molecule has 68 valence electrons. The zero-order valence-corrected chi connectivity index (χ0v) is 8.30. The van der Waals surface area contributed by atoms with Crippen molar-refractivity contribution >= 4 is 0 Å². The highest BCUT2D eigenvalue weighted by molar-refractivity contribution is 5.06. The monoisotopic (exact) mass is 166 g/mol. The summed E-state index contributed by atoms with van der Waals surface area (Å²) < 4.78 is 0. The molecule has 1 aliphatic carbocycles. The number of hydrogen-bond acceptors (Lipinski definition) is 2. The van der Waals surface area contributed by atoms with Crippen LogP contribution in [0.15, 0.2) is 0 Å². The first-order chi connectivity index (χ1) is 5.66. The molecule has 0 aromatic heterocycles. The quantitative estimate of drug-likeness (QED) is 0.641. The maximum atomic E-state index is 8.68. The normalized spacial score (nSPS) is 34.4. The maximum Gasteiger partial charge on any atom is 0.0657 e. The van der Waals surface area contributed by atoms with Crippen LogP contribution in [0.4, 0.5) is 0 Å². The van der Waals surface area contributed by atoms with E-state index in [0.29, 0.717) is 11.5 Å². The van der Waals surface area contributed by atoms with Crippen molar-refractivity contribution in [3.05, 3.63) is 0 Å². The molecule has 1 aliphatic rings. The summed E-state index contributed by atoms with van der Waals surface area (Å²) in [6, 6.07) is 2.33. The fraction of sp³-hybridized carbons (Fsp3) is 0.900. The summed E-state index contributed by atoms with van der Waals surface area (Å²) in [5, 5.41) is 8.68. The van der Waals surface area contributed by atoms with Crippen molar-refractivity contribution in [2.45, 2.75) is 39.2 Å². The van der Waals surface area contributed by atoms with Crippen molar-refractivity contribution in [2.24, 2.45) is 5.92 Å². The molecule has 1 fully saturated rings. The van der Waals surface area contributed by atoms with Gasteiger partial charge in [0.25, 0.3) is 0 Å². The Morgan fingerprint density at radius 3 is 2.25 bits per heavy atom. The van der Waals surface area contributed by atoms with Crippen LogP contribution in [0, 0.1) is 17.2 Å². The minimum atomic E-state index is 0.315. The Labute approximate surface area is 75.2 Å². The smallest absolute Gasteiger partial charge is 0.0657 e. The van der Waals surface area contributed by atoms with E-state index < -0.39 is 0 Å². The molecular formula is C10H18N2. The summed E-state index contributed by atoms with van der Waals surface area (Å²) in [6.07, 6.45) is 2.12. The molecule has 0 spiro atoms. The molecule has 1 rings (SSSR count). The van der Waals surface area contributed by atoms with Crippen molar-refractivity contribution in [1.82, 2.24) is 4.90 Å². The van der Waals surface area contributed by atoms with Crippen LogP contribution in [-0.4, -0.2) is 23.5 Å². The molecule has 0 heterocycles. The third-order valence-electron chi connectivity index (χ3n) is 3.08. The average Bonchev–Trinajstić information content (AvgIpc) is 2.01. The van der Waals surface area contributed by atoms with Crippen molar-refractivity contribution in [2.75, 3.05) is 13.1 Å². The van der Waals surface area contributed by atoms with Crippen LogP contribution in [0.2, 0.25) is 0 Å². The number of nitriles is 1. The number of nitrogens with zero attached hydrogens (tertiary/aromatic N) is 2. The van der Waals surface area contributed by atoms with E-state index in [1.165, 1.54) is 0 Å². The van der Waals surface area contributed by atoms with E-state index in [9.17, 15) is 0 Å². The molecule has 12 heavy (non-hydrogen) atoms. The molecule has 0 amide bonds. The lowest BCUT2D eigenvalue weighted by atomic mass is 9.69. The Kier molecular flexibility index (Phi) is 2.74. The first-order valence-corrected chi connectivity index (χ1v) is 4.81. The molecule has 2 heteroatoms. The summed E-state index contributed by atoms with van der Waals surface area (Å²) in [5.74, 6) is 0.315. The van der Waals surface area contributed by atoms with Gasteiger partial charge in [-0.15, -0.1) is 0 Å². The summed E-state index contributed by atoms with van der Waals surface area (Å²) >= 11 is 0. The highest BCUT2D eigenvalue weighted by atomic mass is 15.2. The molecule has 0 aromatic rings. The standard InChI is InChI=1S/C10H18N2/c1-4-12(5-2)10(3)6-9(7-10)8-11/h9H,4-7H2,1-3H3. The highest BCUT2D eigenvalue weighted by Gasteiger charge is 2.43. The zero-order valence-electron chi connectivity index (χ0n) is 8.30. The Hall–Kier alpha value is -0.550. The summed E-state index contributed by atoms with van der Waals surface area (Å²) in [7, 11) is 0. The number of hydrogen-bond donors (Lipinski definition) is 0. The van der Waals surface area contributed by atoms with Crippen LogP contribution in [0.5, 0.6) is 0 Å². The van der Waals surface area contributed by atoms with Gasteiger partial charge in [-0.25, -0.2) is 0 Å². The maximum absolute atomic E-state index is 8.68. The van der Waals surface area contributed by atoms with Crippen molar-refractivity contribution in [3.8, 4) is 6.07 Å². The zero-order chi connectivity index (χ0) is 9.19. The van der Waals surface area contributed by atoms with Gasteiger partial charge in [0, 0.05) is 11.5 Å². The van der Waals surface area contributed by atoms with Crippen LogP contribution in [-0.2, 0) is 0 Å². The van der Waals surface area contributed by atoms with Crippen LogP contribution >= 0.6 is 0 Å². The topological polar surface area (TPSA) is 27.0 Å². The van der Waals surface area contributed by atoms with E-state index in [-0.39, 0.29) is 0 Å². The van der Waals surface area contributed by atoms with Gasteiger partial charge in [0.2, 0.25) is 0 Å². The molecule has 0 N–H and O–H groups in total. The fourth-order valence-corrected chi connectivity index (χ4v) is 2.34. The van der Waals surface area contributed by atoms with Gasteiger partial charge in [-0.3, -0.25) is 4.90 Å². The average molecular weight is 166 g/mol. The summed E-state index contributed by atoms with van der Waals surface area (Å²) in [5.41, 5.74) is 0.323. The van der Waals surface area contributed by atoms with Gasteiger partial charge < -0.3 is 0 Å². The lowest BCUT2D eigenvalue weighted by Crippen LogP contribution is -2.54. The van der Waals surface area contributed by atoms with Crippen molar-refractivity contribution < 1.29 is 0 Å². The van der Waals surface area contributed by atoms with Gasteiger partial charge in [-0.1, -0.05) is 13.8 Å². The molecule has 0 aliphatic heterocycles. The minimum absolute atomic E-state index is 0.315. The van der Waals surface area contributed by atoms with Gasteiger partial charge in [-0.05, 0) is 32.9 Å². The van der Waals surface area contributed by atoms with E-state index in [1.54, 1.807) is 0 Å². The molecule has 0 radical (unpaired) electrons. The largest absolute Gasteiger partial charge is 0.298 e. The Bertz CT molecular complexity index is 183. The van der Waals surface area contributed by atoms with Crippen molar-refractivity contribution in [3.63, 3.8) is 0 Å². The third-order valence-corrected chi connectivity index (χ3v) is 3.08. The molecular weight excluding hydrogens is 148 g/mol. The SMILES string of the molecule is CCN(CC)C1(C)CC(C#N)C1. The molecule has 0 unspecified atom stereocenters. The Morgan fingerprint density at radius 1 is 1.42 bits per heavy atom. The second-order valence-corrected chi connectivity index (χ2v) is 3.90. The molecule has 0 saturated heterocycles. The van der Waals surface area contributed by atoms with E-state index in [4.69, 9.17) is 5.26 Å². The minimum Gasteiger partial charge on any atom is -0.298 e. The highest BCUT2D eigenvalue weighted by Crippen LogP contribution is 2.41. The van der Waals surface area contributed by atoms with Gasteiger partial charge >= 0.3 is 0 Å². The Balaban J connectivity index is 2.48. The first kappa shape index (κ1) is 9.54. The number of rotatable bonds is 3. The molecule has 0 bridgehead atoms. The van der Waals surface area contributed by atoms with Gasteiger partial charge in [0.05, 0.1) is 6.07 Å². The second kappa shape index (κ2) is 3.45. The Morgan fingerprint density at radius 2 is 1.92 bits per heavy atom. The van der Waals surface area contributed by atoms with E-state index >= 15 is 0 Å². The first-order valence-electron chi connectivity index (χ1n) is 4.81. The molecule has 0 atom stereocenters. The third kappa shape index (κ3) is 1.47. The summed E-state index contributed by atoms with van der Waals surface area (Å²) in [6.45, 7) is 8.85. The van der Waals surface area contributed by atoms with Crippen LogP contribution in [0.1, 0.15) is 33.6 Å². The van der Waals surface area contributed by atoms with Crippen LogP contribution in [0.25, 0.3) is 0 Å². The van der Waals surface area contributed by atoms with E-state index in [0.717, 1.165) is 25.9 Å². The van der Waals surface area contributed by atoms with E-state index in [1.807, 2.05) is 0 Å². The summed E-state index contributed by atoms with van der Waals surface area (Å²) in [4.78, 5) is 2.46. The fourth-order valence-electron chi connectivity index (χ4n) is 2.34. The lowest BCUT2D eigenvalue weighted by Gasteiger charge is -2.49. The van der Waals surface area contributed by atoms with Gasteiger partial charge in [0.15, 0.2) is 0 Å². The molecule has 2 nitrogen and oxygen atoms in total. The van der Waals surface area contributed by atoms with E-state index in [2.05, 4.69) is 31.7 Å². The lowest BCUT2D eigenvalue weighted by molar-refractivity contribution is 0.0154. The predicted molar refractivity (Wildman–Crippen MR) is 49.7 cm³/mol. The van der Waals surface area contributed by atoms with Crippen molar-refractivity contribution in [1.29, 1.82) is 5.26 Å². The van der Waals surface area contributed by atoms with Gasteiger partial charge in [0.1, 0.15) is 0 Å². The molecule has 1 saturated carbocycles. The second-order valence-electron chi connectivity index (χ2n) is 3.90.